The fourth-order valence-corrected chi connectivity index (χ4v) is 3.74. The number of aliphatic carboxylic acids is 3. The van der Waals surface area contributed by atoms with Crippen molar-refractivity contribution in [2.45, 2.75) is 37.8 Å². The summed E-state index contributed by atoms with van der Waals surface area (Å²) in [5, 5.41) is 43.5. The number of aromatic amines is 1. The number of likely N-dealkylation sites (tertiary alicyclic amines) is 1. The van der Waals surface area contributed by atoms with Crippen molar-refractivity contribution in [3.05, 3.63) is 24.1 Å². The van der Waals surface area contributed by atoms with Gasteiger partial charge in [0, 0.05) is 19.8 Å². The first kappa shape index (κ1) is 28.1. The second-order valence-corrected chi connectivity index (χ2v) is 8.63. The molecule has 14 nitrogen and oxygen atoms in total. The first-order valence-electron chi connectivity index (χ1n) is 10.9. The third-order valence-electron chi connectivity index (χ3n) is 5.74. The van der Waals surface area contributed by atoms with Crippen LogP contribution in [0, 0.1) is 17.2 Å². The number of carbonyl (C=O) groups is 4. The minimum Gasteiger partial charge on any atom is -0.481 e. The number of carboxylic acid groups (broad SMARTS) is 3. The number of H-pyrrole nitrogens is 1. The van der Waals surface area contributed by atoms with Crippen LogP contribution in [-0.2, 0) is 26.2 Å². The van der Waals surface area contributed by atoms with Gasteiger partial charge in [-0.3, -0.25) is 24.3 Å². The van der Waals surface area contributed by atoms with Crippen molar-refractivity contribution >= 4 is 34.7 Å². The Morgan fingerprint density at radius 3 is 2.44 bits per heavy atom. The van der Waals surface area contributed by atoms with Crippen LogP contribution in [0.25, 0.3) is 11.0 Å². The first-order valence-corrected chi connectivity index (χ1v) is 10.9. The summed E-state index contributed by atoms with van der Waals surface area (Å²) in [6.07, 6.45) is 2.31. The number of piperidine rings is 1. The van der Waals surface area contributed by atoms with Crippen LogP contribution >= 0.6 is 0 Å². The summed E-state index contributed by atoms with van der Waals surface area (Å²) in [5.41, 5.74) is -1.03. The third kappa shape index (κ3) is 7.45. The highest BCUT2D eigenvalue weighted by molar-refractivity contribution is 5.94. The fourth-order valence-electron chi connectivity index (χ4n) is 3.74. The summed E-state index contributed by atoms with van der Waals surface area (Å²) >= 11 is 0. The maximum atomic E-state index is 11.4. The molecule has 5 N–H and O–H groups in total. The average molecular weight is 505 g/mol. The molecule has 14 heteroatoms. The highest BCUT2D eigenvalue weighted by atomic mass is 16.4. The van der Waals surface area contributed by atoms with Gasteiger partial charge >= 0.3 is 17.9 Å². The summed E-state index contributed by atoms with van der Waals surface area (Å²) in [6.45, 7) is 3.88. The minimum atomic E-state index is -2.74. The smallest absolute Gasteiger partial charge is 0.336 e. The van der Waals surface area contributed by atoms with Crippen molar-refractivity contribution in [3.8, 4) is 6.07 Å². The molecule has 2 aromatic heterocycles. The molecule has 2 aromatic rings. The molecule has 3 rings (SSSR count). The van der Waals surface area contributed by atoms with Gasteiger partial charge in [0.1, 0.15) is 11.7 Å². The van der Waals surface area contributed by atoms with E-state index in [-0.39, 0.29) is 12.6 Å². The standard InChI is InChI=1S/C16H20N6O.C6H8O7/c1-11-4-6-22(8-12(23)7-17)9-14(11)20-15-13-3-5-18-16(13)21(2)10-19-15;7-3(8)1-6(13,5(11)12)2-4(9)10/h3,5,10-11,14,18H,4,6,8-9H2,1-2H3;13H,1-2H2,(H,7,8)(H,9,10)(H,11,12)/t11-,14+;/m1./s1. The Balaban J connectivity index is 0.000000302. The second kappa shape index (κ2) is 12.0. The number of aromatic nitrogens is 3. The highest BCUT2D eigenvalue weighted by Crippen LogP contribution is 2.20. The lowest BCUT2D eigenvalue weighted by Gasteiger charge is -2.34. The van der Waals surface area contributed by atoms with Gasteiger partial charge in [0.25, 0.3) is 0 Å². The molecule has 0 radical (unpaired) electrons. The summed E-state index contributed by atoms with van der Waals surface area (Å²) in [4.78, 5) is 56.3. The van der Waals surface area contributed by atoms with E-state index < -0.39 is 42.1 Å². The molecule has 0 amide bonds. The minimum absolute atomic E-state index is 0.0774. The average Bonchev–Trinajstić information content (AvgIpc) is 3.28. The van der Waals surface area contributed by atoms with Crippen LogP contribution in [-0.4, -0.2) is 94.8 Å². The molecule has 36 heavy (non-hydrogen) atoms. The van der Waals surface area contributed by atoms with E-state index in [9.17, 15) is 19.2 Å². The topological polar surface area (TPSA) is 222 Å². The number of ketones is 1. The lowest BCUT2D eigenvalue weighted by molar-refractivity contribution is -0.170. The SMILES string of the molecule is C[C@@H]1CCN(CC(=O)C#N)C[C@@H]1N=c1ncn(C)c2[nH]ccc12.O=C(O)CC(O)(CC(=O)O)C(=O)O. The van der Waals surface area contributed by atoms with Crippen LogP contribution in [0.4, 0.5) is 0 Å². The van der Waals surface area contributed by atoms with Crippen molar-refractivity contribution in [3.63, 3.8) is 0 Å². The zero-order valence-electron chi connectivity index (χ0n) is 19.8. The number of hydrogen-bond acceptors (Lipinski definition) is 9. The van der Waals surface area contributed by atoms with E-state index in [1.807, 2.05) is 28.8 Å². The van der Waals surface area contributed by atoms with Gasteiger partial charge in [0.2, 0.25) is 5.78 Å². The number of aliphatic hydroxyl groups is 1. The van der Waals surface area contributed by atoms with Crippen LogP contribution in [0.1, 0.15) is 26.2 Å². The van der Waals surface area contributed by atoms with Gasteiger partial charge in [-0.2, -0.15) is 5.26 Å². The number of fused-ring (bicyclic) bond motifs is 1. The Morgan fingerprint density at radius 1 is 1.25 bits per heavy atom. The quantitative estimate of drug-likeness (QED) is 0.284. The lowest BCUT2D eigenvalue weighted by atomic mass is 9.94. The number of Topliss-reactive ketones (excluding diaryl/α,β-unsaturated/α-hetero) is 1. The van der Waals surface area contributed by atoms with Gasteiger partial charge in [0.15, 0.2) is 11.1 Å². The highest BCUT2D eigenvalue weighted by Gasteiger charge is 2.40. The predicted molar refractivity (Wildman–Crippen MR) is 122 cm³/mol. The molecule has 0 bridgehead atoms. The third-order valence-corrected chi connectivity index (χ3v) is 5.74. The van der Waals surface area contributed by atoms with E-state index >= 15 is 0 Å². The van der Waals surface area contributed by atoms with Gasteiger partial charge in [-0.1, -0.05) is 6.92 Å². The van der Waals surface area contributed by atoms with E-state index in [0.29, 0.717) is 12.5 Å². The molecule has 1 fully saturated rings. The van der Waals surface area contributed by atoms with Crippen LogP contribution in [0.3, 0.4) is 0 Å². The maximum Gasteiger partial charge on any atom is 0.336 e. The maximum absolute atomic E-state index is 11.4. The number of nitrogens with zero attached hydrogens (tertiary/aromatic N) is 5. The molecule has 2 atom stereocenters. The van der Waals surface area contributed by atoms with Gasteiger partial charge in [0.05, 0.1) is 37.1 Å². The molecule has 0 aliphatic carbocycles. The van der Waals surface area contributed by atoms with Crippen molar-refractivity contribution in [2.24, 2.45) is 18.0 Å². The molecular weight excluding hydrogens is 476 g/mol. The number of carboxylic acids is 3. The number of nitrogens with one attached hydrogen (secondary N) is 1. The molecule has 1 aliphatic rings. The van der Waals surface area contributed by atoms with Crippen LogP contribution in [0.2, 0.25) is 0 Å². The molecule has 1 saturated heterocycles. The summed E-state index contributed by atoms with van der Waals surface area (Å²) in [6, 6.07) is 3.74. The molecule has 194 valence electrons. The normalized spacial score (nSPS) is 18.7. The number of carbonyl (C=O) groups excluding carboxylic acids is 1. The van der Waals surface area contributed by atoms with Gasteiger partial charge < -0.3 is 30.0 Å². The number of hydrogen-bond donors (Lipinski definition) is 5. The molecule has 3 heterocycles. The van der Waals surface area contributed by atoms with E-state index in [2.05, 4.69) is 16.9 Å². The van der Waals surface area contributed by atoms with Gasteiger partial charge in [-0.25, -0.2) is 9.78 Å². The van der Waals surface area contributed by atoms with Crippen LogP contribution in [0.15, 0.2) is 23.6 Å². The van der Waals surface area contributed by atoms with E-state index in [1.165, 1.54) is 0 Å². The molecular formula is C22H28N6O8. The van der Waals surface area contributed by atoms with E-state index in [1.54, 1.807) is 12.4 Å². The van der Waals surface area contributed by atoms with E-state index in [0.717, 1.165) is 29.5 Å². The largest absolute Gasteiger partial charge is 0.481 e. The molecule has 0 saturated carbocycles. The van der Waals surface area contributed by atoms with Crippen molar-refractivity contribution in [2.75, 3.05) is 19.6 Å². The monoisotopic (exact) mass is 504 g/mol. The molecule has 0 spiro atoms. The predicted octanol–water partition coefficient (Wildman–Crippen LogP) is -0.643. The number of rotatable bonds is 8. The Morgan fingerprint density at radius 2 is 1.89 bits per heavy atom. The number of nitriles is 1. The summed E-state index contributed by atoms with van der Waals surface area (Å²) in [5.74, 6) is -4.99. The Bertz CT molecular complexity index is 1230. The first-order chi connectivity index (χ1) is 16.9. The van der Waals surface area contributed by atoms with Crippen LogP contribution < -0.4 is 5.49 Å². The van der Waals surface area contributed by atoms with Crippen molar-refractivity contribution < 1.29 is 39.6 Å². The lowest BCUT2D eigenvalue weighted by Crippen LogP contribution is -2.44. The van der Waals surface area contributed by atoms with Gasteiger partial charge in [-0.05, 0) is 24.9 Å². The molecule has 1 aliphatic heterocycles. The van der Waals surface area contributed by atoms with Crippen LogP contribution in [0.5, 0.6) is 0 Å². The molecule has 0 aromatic carbocycles. The summed E-state index contributed by atoms with van der Waals surface area (Å²) < 4.78 is 1.93. The Hall–Kier alpha value is -4.09. The summed E-state index contributed by atoms with van der Waals surface area (Å²) in [7, 11) is 1.94. The fraction of sp³-hybridized carbons (Fsp3) is 0.500. The van der Waals surface area contributed by atoms with E-state index in [4.69, 9.17) is 30.7 Å². The van der Waals surface area contributed by atoms with Crippen molar-refractivity contribution in [1.82, 2.24) is 19.4 Å². The van der Waals surface area contributed by atoms with Crippen molar-refractivity contribution in [1.29, 1.82) is 5.26 Å². The zero-order valence-corrected chi connectivity index (χ0v) is 19.8. The Kier molecular flexibility index (Phi) is 9.42. The van der Waals surface area contributed by atoms with Gasteiger partial charge in [-0.15, -0.1) is 0 Å². The molecule has 0 unspecified atom stereocenters. The zero-order chi connectivity index (χ0) is 27.0. The Labute approximate surface area is 205 Å². The second-order valence-electron chi connectivity index (χ2n) is 8.63. The number of aryl methyl sites for hydroxylation is 1.